The lowest BCUT2D eigenvalue weighted by atomic mass is 9.95. The fraction of sp³-hybridized carbons (Fsp3) is 0.278. The molecule has 1 aliphatic heterocycles. The van der Waals surface area contributed by atoms with Crippen LogP contribution in [0.25, 0.3) is 0 Å². The normalized spacial score (nSPS) is 14.2. The predicted molar refractivity (Wildman–Crippen MR) is 85.5 cm³/mol. The highest BCUT2D eigenvalue weighted by atomic mass is 16.6. The van der Waals surface area contributed by atoms with Gasteiger partial charge in [-0.15, -0.1) is 0 Å². The number of carbonyl (C=O) groups is 1. The first kappa shape index (κ1) is 14.4. The van der Waals surface area contributed by atoms with Crippen molar-refractivity contribution in [1.29, 1.82) is 0 Å². The first-order chi connectivity index (χ1) is 10.8. The molecule has 0 aliphatic carbocycles. The summed E-state index contributed by atoms with van der Waals surface area (Å²) in [5, 5.41) is 2.97. The highest BCUT2D eigenvalue weighted by molar-refractivity contribution is 5.96. The van der Waals surface area contributed by atoms with Crippen molar-refractivity contribution in [2.45, 2.75) is 19.3 Å². The van der Waals surface area contributed by atoms with Gasteiger partial charge in [0, 0.05) is 11.8 Å². The second-order valence-corrected chi connectivity index (χ2v) is 5.22. The van der Waals surface area contributed by atoms with Crippen LogP contribution >= 0.6 is 0 Å². The summed E-state index contributed by atoms with van der Waals surface area (Å²) < 4.78 is 11.0. The fourth-order valence-electron chi connectivity index (χ4n) is 2.61. The molecule has 2 aromatic carbocycles. The van der Waals surface area contributed by atoms with Crippen LogP contribution in [0.1, 0.15) is 24.8 Å². The second-order valence-electron chi connectivity index (χ2n) is 5.22. The van der Waals surface area contributed by atoms with Crippen molar-refractivity contribution < 1.29 is 14.3 Å². The van der Waals surface area contributed by atoms with E-state index in [4.69, 9.17) is 9.47 Å². The summed E-state index contributed by atoms with van der Waals surface area (Å²) in [6.45, 7) is 3.11. The van der Waals surface area contributed by atoms with Gasteiger partial charge in [-0.2, -0.15) is 0 Å². The van der Waals surface area contributed by atoms with Crippen LogP contribution in [0.2, 0.25) is 0 Å². The zero-order chi connectivity index (χ0) is 15.4. The van der Waals surface area contributed by atoms with Crippen LogP contribution in [-0.2, 0) is 4.79 Å². The summed E-state index contributed by atoms with van der Waals surface area (Å²) in [6, 6.07) is 15.3. The number of hydrogen-bond acceptors (Lipinski definition) is 3. The molecule has 0 saturated carbocycles. The number of amides is 1. The Bertz CT molecular complexity index is 655. The first-order valence-electron chi connectivity index (χ1n) is 7.53. The average Bonchev–Trinajstić information content (AvgIpc) is 2.56. The van der Waals surface area contributed by atoms with Crippen LogP contribution < -0.4 is 14.8 Å². The van der Waals surface area contributed by atoms with E-state index in [1.807, 2.05) is 55.5 Å². The second kappa shape index (κ2) is 6.52. The molecule has 1 amide bonds. The number of ether oxygens (including phenoxy) is 2. The Kier molecular flexibility index (Phi) is 4.28. The van der Waals surface area contributed by atoms with Crippen molar-refractivity contribution in [1.82, 2.24) is 0 Å². The molecule has 4 nitrogen and oxygen atoms in total. The van der Waals surface area contributed by atoms with Crippen LogP contribution in [0.15, 0.2) is 48.5 Å². The van der Waals surface area contributed by atoms with E-state index in [0.717, 1.165) is 23.4 Å². The van der Waals surface area contributed by atoms with Gasteiger partial charge >= 0.3 is 0 Å². The molecule has 0 unspecified atom stereocenters. The summed E-state index contributed by atoms with van der Waals surface area (Å²) in [4.78, 5) is 12.5. The van der Waals surface area contributed by atoms with Gasteiger partial charge in [0.25, 0.3) is 0 Å². The van der Waals surface area contributed by atoms with Gasteiger partial charge in [0.1, 0.15) is 13.2 Å². The van der Waals surface area contributed by atoms with Crippen molar-refractivity contribution in [2.24, 2.45) is 0 Å². The third-order valence-electron chi connectivity index (χ3n) is 3.74. The summed E-state index contributed by atoms with van der Waals surface area (Å²) in [5.41, 5.74) is 1.75. The lowest BCUT2D eigenvalue weighted by Crippen LogP contribution is -2.21. The number of carbonyl (C=O) groups excluding carboxylic acids is 1. The van der Waals surface area contributed by atoms with Crippen molar-refractivity contribution in [3.63, 3.8) is 0 Å². The van der Waals surface area contributed by atoms with Crippen LogP contribution in [0.4, 0.5) is 5.69 Å². The molecule has 0 fully saturated rings. The Morgan fingerprint density at radius 3 is 2.55 bits per heavy atom. The van der Waals surface area contributed by atoms with E-state index in [1.165, 1.54) is 0 Å². The van der Waals surface area contributed by atoms with Crippen LogP contribution in [0.5, 0.6) is 11.5 Å². The molecular formula is C18H19NO3. The van der Waals surface area contributed by atoms with Gasteiger partial charge in [-0.25, -0.2) is 0 Å². The largest absolute Gasteiger partial charge is 0.486 e. The van der Waals surface area contributed by atoms with Crippen molar-refractivity contribution >= 4 is 11.6 Å². The van der Waals surface area contributed by atoms with E-state index in [2.05, 4.69) is 5.32 Å². The Labute approximate surface area is 130 Å². The smallest absolute Gasteiger partial charge is 0.231 e. The van der Waals surface area contributed by atoms with Crippen molar-refractivity contribution in [2.75, 3.05) is 18.5 Å². The van der Waals surface area contributed by atoms with Crippen LogP contribution in [-0.4, -0.2) is 19.1 Å². The molecule has 0 aromatic heterocycles. The molecule has 4 heteroatoms. The van der Waals surface area contributed by atoms with Gasteiger partial charge in [-0.3, -0.25) is 4.79 Å². The molecule has 0 bridgehead atoms. The molecule has 22 heavy (non-hydrogen) atoms. The van der Waals surface area contributed by atoms with Gasteiger partial charge < -0.3 is 14.8 Å². The maximum Gasteiger partial charge on any atom is 0.231 e. The highest BCUT2D eigenvalue weighted by Crippen LogP contribution is 2.33. The van der Waals surface area contributed by atoms with E-state index in [1.54, 1.807) is 0 Å². The van der Waals surface area contributed by atoms with Crippen LogP contribution in [0.3, 0.4) is 0 Å². The Morgan fingerprint density at radius 1 is 1.09 bits per heavy atom. The molecule has 0 saturated heterocycles. The molecule has 3 rings (SSSR count). The number of rotatable bonds is 4. The van der Waals surface area contributed by atoms with Gasteiger partial charge in [0.2, 0.25) is 5.91 Å². The maximum absolute atomic E-state index is 12.5. The molecular weight excluding hydrogens is 278 g/mol. The predicted octanol–water partition coefficient (Wildman–Crippen LogP) is 3.59. The third-order valence-corrected chi connectivity index (χ3v) is 3.74. The zero-order valence-corrected chi connectivity index (χ0v) is 12.5. The third kappa shape index (κ3) is 3.06. The van der Waals surface area contributed by atoms with Gasteiger partial charge in [-0.1, -0.05) is 37.3 Å². The summed E-state index contributed by atoms with van der Waals surface area (Å²) in [5.74, 6) is 1.23. The number of benzene rings is 2. The van der Waals surface area contributed by atoms with Gasteiger partial charge in [0.15, 0.2) is 11.5 Å². The molecule has 0 spiro atoms. The molecule has 114 valence electrons. The number of fused-ring (bicyclic) bond motifs is 1. The first-order valence-corrected chi connectivity index (χ1v) is 7.53. The molecule has 0 radical (unpaired) electrons. The summed E-state index contributed by atoms with van der Waals surface area (Å²) in [6.07, 6.45) is 0.750. The molecule has 1 aliphatic rings. The number of nitrogens with one attached hydrogen (secondary N) is 1. The standard InChI is InChI=1S/C18H19NO3/c1-2-15(13-6-4-3-5-7-13)18(20)19-14-8-9-16-17(12-14)22-11-10-21-16/h3-9,12,15H,2,10-11H2,1H3,(H,19,20)/t15-/m0/s1. The lowest BCUT2D eigenvalue weighted by molar-refractivity contribution is -0.117. The van der Waals surface area contributed by atoms with Crippen molar-refractivity contribution in [3.8, 4) is 11.5 Å². The Balaban J connectivity index is 1.76. The molecule has 1 N–H and O–H groups in total. The van der Waals surface area contributed by atoms with Gasteiger partial charge in [-0.05, 0) is 24.1 Å². The van der Waals surface area contributed by atoms with Crippen LogP contribution in [0, 0.1) is 0 Å². The summed E-state index contributed by atoms with van der Waals surface area (Å²) in [7, 11) is 0. The number of anilines is 1. The monoisotopic (exact) mass is 297 g/mol. The zero-order valence-electron chi connectivity index (χ0n) is 12.5. The van der Waals surface area contributed by atoms with Crippen molar-refractivity contribution in [3.05, 3.63) is 54.1 Å². The Hall–Kier alpha value is -2.49. The van der Waals surface area contributed by atoms with E-state index in [9.17, 15) is 4.79 Å². The molecule has 2 aromatic rings. The summed E-state index contributed by atoms with van der Waals surface area (Å²) >= 11 is 0. The van der Waals surface area contributed by atoms with E-state index in [-0.39, 0.29) is 11.8 Å². The fourth-order valence-corrected chi connectivity index (χ4v) is 2.61. The lowest BCUT2D eigenvalue weighted by Gasteiger charge is -2.20. The number of hydrogen-bond donors (Lipinski definition) is 1. The minimum atomic E-state index is -0.158. The van der Waals surface area contributed by atoms with E-state index >= 15 is 0 Å². The topological polar surface area (TPSA) is 47.6 Å². The van der Waals surface area contributed by atoms with E-state index in [0.29, 0.717) is 19.0 Å². The molecule has 1 atom stereocenters. The Morgan fingerprint density at radius 2 is 1.82 bits per heavy atom. The maximum atomic E-state index is 12.5. The average molecular weight is 297 g/mol. The molecule has 1 heterocycles. The van der Waals surface area contributed by atoms with Gasteiger partial charge in [0.05, 0.1) is 5.92 Å². The minimum absolute atomic E-state index is 0.00891. The SMILES string of the molecule is CC[C@H](C(=O)Nc1ccc2c(c1)OCCO2)c1ccccc1. The highest BCUT2D eigenvalue weighted by Gasteiger charge is 2.19. The van der Waals surface area contributed by atoms with E-state index < -0.39 is 0 Å². The quantitative estimate of drug-likeness (QED) is 0.938. The minimum Gasteiger partial charge on any atom is -0.486 e.